The molecule has 1 N–H and O–H groups in total. The van der Waals surface area contributed by atoms with Crippen LogP contribution in [-0.4, -0.2) is 16.8 Å². The highest BCUT2D eigenvalue weighted by atomic mass is 16.2. The molecule has 1 saturated heterocycles. The van der Waals surface area contributed by atoms with Crippen molar-refractivity contribution in [3.8, 4) is 6.07 Å². The molecule has 0 unspecified atom stereocenters. The van der Waals surface area contributed by atoms with Gasteiger partial charge in [0.05, 0.1) is 18.2 Å². The third kappa shape index (κ3) is 2.86. The first kappa shape index (κ1) is 15.8. The Kier molecular flexibility index (Phi) is 4.05. The normalized spacial score (nSPS) is 16.9. The van der Waals surface area contributed by atoms with Crippen molar-refractivity contribution < 1.29 is 9.59 Å². The van der Waals surface area contributed by atoms with Gasteiger partial charge >= 0.3 is 6.03 Å². The second-order valence-electron chi connectivity index (χ2n) is 5.96. The van der Waals surface area contributed by atoms with Crippen LogP contribution in [0, 0.1) is 25.2 Å². The zero-order valence-corrected chi connectivity index (χ0v) is 13.5. The van der Waals surface area contributed by atoms with Crippen LogP contribution in [0.25, 0.3) is 0 Å². The molecule has 5 nitrogen and oxygen atoms in total. The van der Waals surface area contributed by atoms with Crippen molar-refractivity contribution >= 4 is 11.9 Å². The summed E-state index contributed by atoms with van der Waals surface area (Å²) in [5, 5.41) is 11.7. The van der Waals surface area contributed by atoms with E-state index in [-0.39, 0.29) is 12.5 Å². The van der Waals surface area contributed by atoms with Gasteiger partial charge in [0.15, 0.2) is 0 Å². The van der Waals surface area contributed by atoms with E-state index in [4.69, 9.17) is 5.26 Å². The quantitative estimate of drug-likeness (QED) is 0.884. The van der Waals surface area contributed by atoms with Gasteiger partial charge in [0.2, 0.25) is 0 Å². The lowest BCUT2D eigenvalue weighted by molar-refractivity contribution is -0.128. The Balaban J connectivity index is 1.83. The number of amides is 3. The van der Waals surface area contributed by atoms with E-state index in [1.54, 1.807) is 24.3 Å². The summed E-state index contributed by atoms with van der Waals surface area (Å²) >= 11 is 0. The van der Waals surface area contributed by atoms with Crippen molar-refractivity contribution in [3.05, 3.63) is 70.3 Å². The lowest BCUT2D eigenvalue weighted by atomic mass is 10.0. The molecule has 0 radical (unpaired) electrons. The molecule has 0 aromatic heterocycles. The number of benzene rings is 2. The fourth-order valence-corrected chi connectivity index (χ4v) is 2.76. The zero-order chi connectivity index (χ0) is 17.3. The molecular formula is C19H17N3O2. The molecule has 0 aliphatic carbocycles. The molecule has 24 heavy (non-hydrogen) atoms. The summed E-state index contributed by atoms with van der Waals surface area (Å²) in [6.45, 7) is 4.13. The van der Waals surface area contributed by atoms with Crippen molar-refractivity contribution in [1.29, 1.82) is 5.26 Å². The van der Waals surface area contributed by atoms with E-state index < -0.39 is 12.1 Å². The molecule has 0 saturated carbocycles. The highest BCUT2D eigenvalue weighted by molar-refractivity contribution is 6.04. The van der Waals surface area contributed by atoms with Crippen molar-refractivity contribution in [1.82, 2.24) is 10.2 Å². The maximum Gasteiger partial charge on any atom is 0.325 e. The molecule has 3 amide bonds. The molecule has 1 fully saturated rings. The van der Waals surface area contributed by atoms with Crippen LogP contribution in [0.5, 0.6) is 0 Å². The molecule has 3 rings (SSSR count). The van der Waals surface area contributed by atoms with Gasteiger partial charge in [-0.05, 0) is 48.2 Å². The van der Waals surface area contributed by atoms with Crippen LogP contribution in [0.3, 0.4) is 0 Å². The number of nitriles is 1. The van der Waals surface area contributed by atoms with Crippen LogP contribution < -0.4 is 5.32 Å². The minimum Gasteiger partial charge on any atom is -0.322 e. The summed E-state index contributed by atoms with van der Waals surface area (Å²) in [6, 6.07) is 13.6. The first-order chi connectivity index (χ1) is 11.5. The number of hydrogen-bond donors (Lipinski definition) is 1. The topological polar surface area (TPSA) is 73.2 Å². The van der Waals surface area contributed by atoms with Crippen LogP contribution in [0.15, 0.2) is 42.5 Å². The summed E-state index contributed by atoms with van der Waals surface area (Å²) in [6.07, 6.45) is 0. The maximum atomic E-state index is 12.6. The molecule has 1 heterocycles. The molecule has 1 aliphatic rings. The summed E-state index contributed by atoms with van der Waals surface area (Å²) in [5.41, 5.74) is 4.25. The summed E-state index contributed by atoms with van der Waals surface area (Å²) in [5.74, 6) is -0.273. The van der Waals surface area contributed by atoms with E-state index in [2.05, 4.69) is 11.4 Å². The van der Waals surface area contributed by atoms with E-state index in [0.717, 1.165) is 22.3 Å². The second kappa shape index (κ2) is 6.17. The monoisotopic (exact) mass is 319 g/mol. The van der Waals surface area contributed by atoms with Gasteiger partial charge in [-0.15, -0.1) is 0 Å². The van der Waals surface area contributed by atoms with Gasteiger partial charge in [-0.3, -0.25) is 9.69 Å². The third-order valence-corrected chi connectivity index (χ3v) is 4.29. The molecule has 2 aromatic carbocycles. The van der Waals surface area contributed by atoms with Crippen molar-refractivity contribution in [2.75, 3.05) is 0 Å². The van der Waals surface area contributed by atoms with Crippen molar-refractivity contribution in [2.45, 2.75) is 26.4 Å². The van der Waals surface area contributed by atoms with Crippen LogP contribution >= 0.6 is 0 Å². The number of imide groups is 1. The average molecular weight is 319 g/mol. The fourth-order valence-electron chi connectivity index (χ4n) is 2.76. The van der Waals surface area contributed by atoms with E-state index >= 15 is 0 Å². The largest absolute Gasteiger partial charge is 0.325 e. The van der Waals surface area contributed by atoms with Gasteiger partial charge in [-0.25, -0.2) is 4.79 Å². The van der Waals surface area contributed by atoms with Gasteiger partial charge in [0.25, 0.3) is 5.91 Å². The number of urea groups is 1. The standard InChI is InChI=1S/C19H17N3O2/c1-12-6-7-16(8-13(12)2)17-18(23)22(19(24)21-17)11-15-5-3-4-14(9-15)10-20/h3-9,17H,11H2,1-2H3,(H,21,24)/t17-/m1/s1. The van der Waals surface area contributed by atoms with Crippen molar-refractivity contribution in [2.24, 2.45) is 0 Å². The number of carbonyl (C=O) groups is 2. The summed E-state index contributed by atoms with van der Waals surface area (Å²) in [7, 11) is 0. The van der Waals surface area contributed by atoms with Gasteiger partial charge in [-0.1, -0.05) is 30.3 Å². The summed E-state index contributed by atoms with van der Waals surface area (Å²) < 4.78 is 0. The average Bonchev–Trinajstić information content (AvgIpc) is 2.86. The number of aryl methyl sites for hydroxylation is 2. The van der Waals surface area contributed by atoms with Crippen LogP contribution in [-0.2, 0) is 11.3 Å². The van der Waals surface area contributed by atoms with Crippen LogP contribution in [0.2, 0.25) is 0 Å². The molecule has 1 aliphatic heterocycles. The number of carbonyl (C=O) groups excluding carboxylic acids is 2. The Hall–Kier alpha value is -3.13. The van der Waals surface area contributed by atoms with Gasteiger partial charge in [0.1, 0.15) is 6.04 Å². The molecule has 5 heteroatoms. The van der Waals surface area contributed by atoms with E-state index in [1.807, 2.05) is 32.0 Å². The Bertz CT molecular complexity index is 867. The van der Waals surface area contributed by atoms with E-state index in [1.165, 1.54) is 4.90 Å². The lowest BCUT2D eigenvalue weighted by Gasteiger charge is -2.14. The molecule has 120 valence electrons. The predicted octanol–water partition coefficient (Wildman–Crippen LogP) is 2.97. The molecular weight excluding hydrogens is 302 g/mol. The lowest BCUT2D eigenvalue weighted by Crippen LogP contribution is -2.30. The number of hydrogen-bond acceptors (Lipinski definition) is 3. The minimum atomic E-state index is -0.657. The number of nitrogens with one attached hydrogen (secondary N) is 1. The minimum absolute atomic E-state index is 0.154. The first-order valence-corrected chi connectivity index (χ1v) is 7.67. The van der Waals surface area contributed by atoms with Crippen LogP contribution in [0.1, 0.15) is 33.9 Å². The number of rotatable bonds is 3. The second-order valence-corrected chi connectivity index (χ2v) is 5.96. The van der Waals surface area contributed by atoms with Gasteiger partial charge in [-0.2, -0.15) is 5.26 Å². The molecule has 2 aromatic rings. The molecule has 1 atom stereocenters. The molecule has 0 bridgehead atoms. The maximum absolute atomic E-state index is 12.6. The van der Waals surface area contributed by atoms with Gasteiger partial charge in [0, 0.05) is 0 Å². The predicted molar refractivity (Wildman–Crippen MR) is 88.9 cm³/mol. The SMILES string of the molecule is Cc1ccc([C@H]2NC(=O)N(Cc3cccc(C#N)c3)C2=O)cc1C. The zero-order valence-electron chi connectivity index (χ0n) is 13.5. The Morgan fingerprint density at radius 2 is 1.92 bits per heavy atom. The van der Waals surface area contributed by atoms with E-state index in [0.29, 0.717) is 5.56 Å². The van der Waals surface area contributed by atoms with Crippen LogP contribution in [0.4, 0.5) is 4.79 Å². The van der Waals surface area contributed by atoms with Crippen molar-refractivity contribution in [3.63, 3.8) is 0 Å². The van der Waals surface area contributed by atoms with E-state index in [9.17, 15) is 9.59 Å². The smallest absolute Gasteiger partial charge is 0.322 e. The first-order valence-electron chi connectivity index (χ1n) is 7.67. The Morgan fingerprint density at radius 1 is 1.12 bits per heavy atom. The summed E-state index contributed by atoms with van der Waals surface area (Å²) in [4.78, 5) is 26.0. The Morgan fingerprint density at radius 3 is 2.62 bits per heavy atom. The van der Waals surface area contributed by atoms with Gasteiger partial charge < -0.3 is 5.32 Å². The highest BCUT2D eigenvalue weighted by Gasteiger charge is 2.38. The highest BCUT2D eigenvalue weighted by Crippen LogP contribution is 2.25. The number of nitrogens with zero attached hydrogens (tertiary/aromatic N) is 2. The third-order valence-electron chi connectivity index (χ3n) is 4.29. The molecule has 0 spiro atoms. The Labute approximate surface area is 140 Å². The fraction of sp³-hybridized carbons (Fsp3) is 0.211.